The molecule has 1 saturated heterocycles. The number of aromatic amines is 1. The van der Waals surface area contributed by atoms with E-state index in [0.29, 0.717) is 29.7 Å². The van der Waals surface area contributed by atoms with Crippen molar-refractivity contribution in [2.24, 2.45) is 0 Å². The van der Waals surface area contributed by atoms with Gasteiger partial charge < -0.3 is 15.0 Å². The molecule has 0 bridgehead atoms. The number of carbonyl (C=O) groups is 5. The molecule has 2 fully saturated rings. The average Bonchev–Trinajstić information content (AvgIpc) is 3.33. The van der Waals surface area contributed by atoms with Crippen LogP contribution in [0.1, 0.15) is 77.6 Å². The fraction of sp³-hybridized carbons (Fsp3) is 0.571. The summed E-state index contributed by atoms with van der Waals surface area (Å²) in [6.07, 6.45) is 3.38. The van der Waals surface area contributed by atoms with Gasteiger partial charge in [-0.3, -0.25) is 24.1 Å². The predicted molar refractivity (Wildman–Crippen MR) is 106 cm³/mol. The molecule has 0 unspecified atom stereocenters. The Labute approximate surface area is 174 Å². The van der Waals surface area contributed by atoms with Crippen LogP contribution in [0, 0.1) is 13.8 Å². The average molecular weight is 417 g/mol. The maximum atomic E-state index is 12.6. The molecule has 1 aliphatic carbocycles. The minimum absolute atomic E-state index is 0.0151. The van der Waals surface area contributed by atoms with E-state index < -0.39 is 29.9 Å². The van der Waals surface area contributed by atoms with Gasteiger partial charge in [-0.1, -0.05) is 12.8 Å². The molecule has 9 heteroatoms. The monoisotopic (exact) mass is 417 g/mol. The number of imide groups is 1. The summed E-state index contributed by atoms with van der Waals surface area (Å²) < 4.78 is 5.04. The number of carbonyl (C=O) groups excluding carboxylic acids is 5. The van der Waals surface area contributed by atoms with E-state index in [1.807, 2.05) is 0 Å². The molecule has 2 N–H and O–H groups in total. The maximum absolute atomic E-state index is 12.6. The van der Waals surface area contributed by atoms with Crippen molar-refractivity contribution in [1.29, 1.82) is 0 Å². The van der Waals surface area contributed by atoms with Crippen molar-refractivity contribution in [1.82, 2.24) is 15.2 Å². The van der Waals surface area contributed by atoms with E-state index in [4.69, 9.17) is 4.74 Å². The number of rotatable bonds is 8. The van der Waals surface area contributed by atoms with Crippen molar-refractivity contribution < 1.29 is 28.7 Å². The van der Waals surface area contributed by atoms with E-state index in [2.05, 4.69) is 10.3 Å². The van der Waals surface area contributed by atoms with Gasteiger partial charge in [-0.25, -0.2) is 4.79 Å². The third-order valence-electron chi connectivity index (χ3n) is 5.90. The highest BCUT2D eigenvalue weighted by molar-refractivity contribution is 6.07. The lowest BCUT2D eigenvalue weighted by molar-refractivity contribution is -0.143. The number of nitrogens with zero attached hydrogens (tertiary/aromatic N) is 1. The molecule has 0 radical (unpaired) electrons. The van der Waals surface area contributed by atoms with Crippen LogP contribution in [0.25, 0.3) is 0 Å². The zero-order chi connectivity index (χ0) is 22.1. The molecule has 1 aromatic heterocycles. The van der Waals surface area contributed by atoms with Crippen LogP contribution in [0.15, 0.2) is 0 Å². The first-order valence-electron chi connectivity index (χ1n) is 10.2. The second-order valence-electron chi connectivity index (χ2n) is 8.04. The summed E-state index contributed by atoms with van der Waals surface area (Å²) in [6.45, 7) is 4.50. The Morgan fingerprint density at radius 2 is 1.80 bits per heavy atom. The zero-order valence-electron chi connectivity index (χ0n) is 17.6. The van der Waals surface area contributed by atoms with Gasteiger partial charge in [0.25, 0.3) is 5.91 Å². The first kappa shape index (κ1) is 21.7. The molecule has 0 atom stereocenters. The topological polar surface area (TPSA) is 126 Å². The van der Waals surface area contributed by atoms with Crippen molar-refractivity contribution in [3.63, 3.8) is 0 Å². The van der Waals surface area contributed by atoms with Gasteiger partial charge in [0.1, 0.15) is 5.54 Å². The van der Waals surface area contributed by atoms with E-state index in [0.717, 1.165) is 17.7 Å². The number of hydrogen-bond acceptors (Lipinski definition) is 6. The van der Waals surface area contributed by atoms with Crippen molar-refractivity contribution in [2.45, 2.75) is 64.8 Å². The Bertz CT molecular complexity index is 910. The summed E-state index contributed by atoms with van der Waals surface area (Å²) in [5.41, 5.74) is 1.11. The molecule has 1 spiro atoms. The number of nitrogens with one attached hydrogen (secondary N) is 2. The molecular formula is C21H27N3O6. The summed E-state index contributed by atoms with van der Waals surface area (Å²) in [4.78, 5) is 64.7. The molecule has 1 saturated carbocycles. The summed E-state index contributed by atoms with van der Waals surface area (Å²) >= 11 is 0. The highest BCUT2D eigenvalue weighted by Gasteiger charge is 2.52. The lowest BCUT2D eigenvalue weighted by atomic mass is 9.98. The van der Waals surface area contributed by atoms with Gasteiger partial charge in [-0.15, -0.1) is 0 Å². The number of Topliss-reactive ketones (excluding diaryl/α,β-unsaturated/α-hetero) is 2. The fourth-order valence-corrected chi connectivity index (χ4v) is 4.43. The standard InChI is InChI=1S/C21H27N3O6/c1-12-17(14(3)25)13(2)22-18(12)15(26)11-30-16(27)7-6-10-24-19(28)21(23-20(24)29)8-4-5-9-21/h22H,4-11H2,1-3H3,(H,23,29). The normalized spacial score (nSPS) is 17.5. The lowest BCUT2D eigenvalue weighted by Gasteiger charge is -2.19. The molecule has 3 rings (SSSR count). The number of H-pyrrole nitrogens is 1. The number of urea groups is 1. The molecule has 9 nitrogen and oxygen atoms in total. The van der Waals surface area contributed by atoms with Gasteiger partial charge in [0.15, 0.2) is 12.4 Å². The Hall–Kier alpha value is -2.97. The molecular weight excluding hydrogens is 390 g/mol. The SMILES string of the molecule is CC(=O)c1c(C)[nH]c(C(=O)COC(=O)CCCN2C(=O)NC3(CCCC3)C2=O)c1C. The number of hydrogen-bond donors (Lipinski definition) is 2. The van der Waals surface area contributed by atoms with Gasteiger partial charge in [-0.2, -0.15) is 0 Å². The Morgan fingerprint density at radius 3 is 2.40 bits per heavy atom. The van der Waals surface area contributed by atoms with Gasteiger partial charge in [0.2, 0.25) is 5.78 Å². The number of aryl methyl sites for hydroxylation is 1. The number of ketones is 2. The van der Waals surface area contributed by atoms with E-state index in [1.165, 1.54) is 6.92 Å². The van der Waals surface area contributed by atoms with Gasteiger partial charge in [-0.05, 0) is 45.6 Å². The Kier molecular flexibility index (Phi) is 6.09. The van der Waals surface area contributed by atoms with Gasteiger partial charge in [0, 0.05) is 24.2 Å². The number of amides is 3. The molecule has 162 valence electrons. The van der Waals surface area contributed by atoms with E-state index in [1.54, 1.807) is 13.8 Å². The highest BCUT2D eigenvalue weighted by Crippen LogP contribution is 2.35. The molecule has 30 heavy (non-hydrogen) atoms. The Morgan fingerprint density at radius 1 is 1.13 bits per heavy atom. The number of esters is 1. The van der Waals surface area contributed by atoms with Crippen LogP contribution in [0.5, 0.6) is 0 Å². The van der Waals surface area contributed by atoms with Gasteiger partial charge >= 0.3 is 12.0 Å². The van der Waals surface area contributed by atoms with Crippen LogP contribution in [0.2, 0.25) is 0 Å². The summed E-state index contributed by atoms with van der Waals surface area (Å²) in [5.74, 6) is -1.36. The van der Waals surface area contributed by atoms with Crippen molar-refractivity contribution in [3.8, 4) is 0 Å². The van der Waals surface area contributed by atoms with Crippen LogP contribution >= 0.6 is 0 Å². The third kappa shape index (κ3) is 4.01. The van der Waals surface area contributed by atoms with Crippen molar-refractivity contribution in [2.75, 3.05) is 13.2 Å². The van der Waals surface area contributed by atoms with E-state index in [-0.39, 0.29) is 36.8 Å². The Balaban J connectivity index is 1.46. The molecule has 0 aromatic carbocycles. The predicted octanol–water partition coefficient (Wildman–Crippen LogP) is 2.20. The van der Waals surface area contributed by atoms with E-state index in [9.17, 15) is 24.0 Å². The van der Waals surface area contributed by atoms with Crippen molar-refractivity contribution >= 4 is 29.5 Å². The lowest BCUT2D eigenvalue weighted by Crippen LogP contribution is -2.44. The molecule has 2 heterocycles. The largest absolute Gasteiger partial charge is 0.457 e. The van der Waals surface area contributed by atoms with Gasteiger partial charge in [0.05, 0.1) is 5.69 Å². The van der Waals surface area contributed by atoms with Crippen LogP contribution in [0.3, 0.4) is 0 Å². The highest BCUT2D eigenvalue weighted by atomic mass is 16.5. The first-order valence-corrected chi connectivity index (χ1v) is 10.2. The fourth-order valence-electron chi connectivity index (χ4n) is 4.43. The summed E-state index contributed by atoms with van der Waals surface area (Å²) in [7, 11) is 0. The van der Waals surface area contributed by atoms with Crippen molar-refractivity contribution in [3.05, 3.63) is 22.5 Å². The smallest absolute Gasteiger partial charge is 0.325 e. The first-order chi connectivity index (χ1) is 14.2. The quantitative estimate of drug-likeness (QED) is 0.379. The molecule has 3 amide bonds. The minimum Gasteiger partial charge on any atom is -0.457 e. The second kappa shape index (κ2) is 8.41. The maximum Gasteiger partial charge on any atom is 0.325 e. The van der Waals surface area contributed by atoms with Crippen LogP contribution in [0.4, 0.5) is 4.79 Å². The zero-order valence-corrected chi connectivity index (χ0v) is 17.6. The molecule has 1 aliphatic heterocycles. The molecule has 1 aromatic rings. The van der Waals surface area contributed by atoms with Crippen LogP contribution < -0.4 is 5.32 Å². The summed E-state index contributed by atoms with van der Waals surface area (Å²) in [6, 6.07) is -0.413. The van der Waals surface area contributed by atoms with E-state index >= 15 is 0 Å². The third-order valence-corrected chi connectivity index (χ3v) is 5.90. The number of aromatic nitrogens is 1. The van der Waals surface area contributed by atoms with Crippen LogP contribution in [-0.2, 0) is 14.3 Å². The minimum atomic E-state index is -0.755. The van der Waals surface area contributed by atoms with Crippen LogP contribution in [-0.4, -0.2) is 58.0 Å². The summed E-state index contributed by atoms with van der Waals surface area (Å²) in [5, 5.41) is 2.79. The number of ether oxygens (including phenoxy) is 1. The molecule has 2 aliphatic rings. The second-order valence-corrected chi connectivity index (χ2v) is 8.04.